The molecule has 0 saturated carbocycles. The molecule has 0 spiro atoms. The van der Waals surface area contributed by atoms with Gasteiger partial charge in [0.2, 0.25) is 0 Å². The third-order valence-electron chi connectivity index (χ3n) is 7.39. The lowest BCUT2D eigenvalue weighted by Gasteiger charge is -2.31. The van der Waals surface area contributed by atoms with Crippen LogP contribution in [0.2, 0.25) is 0 Å². The first-order chi connectivity index (χ1) is 18.6. The van der Waals surface area contributed by atoms with E-state index in [4.69, 9.17) is 9.97 Å². The van der Waals surface area contributed by atoms with Gasteiger partial charge in [-0.15, -0.1) is 11.3 Å². The van der Waals surface area contributed by atoms with Gasteiger partial charge < -0.3 is 15.1 Å². The predicted molar refractivity (Wildman–Crippen MR) is 157 cm³/mol. The van der Waals surface area contributed by atoms with Crippen LogP contribution in [-0.4, -0.2) is 85.0 Å². The molecule has 0 bridgehead atoms. The molecule has 5 rings (SSSR count). The quantitative estimate of drug-likeness (QED) is 0.319. The van der Waals surface area contributed by atoms with Crippen LogP contribution in [0.3, 0.4) is 0 Å². The first-order valence-electron chi connectivity index (χ1n) is 13.1. The Hall–Kier alpha value is -2.86. The van der Waals surface area contributed by atoms with Gasteiger partial charge in [-0.1, -0.05) is 6.07 Å². The van der Waals surface area contributed by atoms with Crippen LogP contribution >= 0.6 is 11.3 Å². The molecule has 1 aromatic carbocycles. The van der Waals surface area contributed by atoms with Crippen molar-refractivity contribution in [1.29, 1.82) is 0 Å². The van der Waals surface area contributed by atoms with Gasteiger partial charge in [0, 0.05) is 48.7 Å². The van der Waals surface area contributed by atoms with E-state index in [0.717, 1.165) is 46.9 Å². The van der Waals surface area contributed by atoms with Crippen molar-refractivity contribution in [2.45, 2.75) is 31.8 Å². The molecule has 4 heterocycles. The van der Waals surface area contributed by atoms with Crippen LogP contribution in [0.25, 0.3) is 28.1 Å². The molecule has 3 aromatic heterocycles. The number of nitrogens with zero attached hydrogens (tertiary/aromatic N) is 5. The van der Waals surface area contributed by atoms with Crippen molar-refractivity contribution in [3.63, 3.8) is 0 Å². The van der Waals surface area contributed by atoms with E-state index in [9.17, 15) is 12.8 Å². The zero-order valence-corrected chi connectivity index (χ0v) is 24.4. The first-order valence-corrected chi connectivity index (χ1v) is 15.8. The fourth-order valence-corrected chi connectivity index (χ4v) is 7.49. The molecule has 1 N–H and O–H groups in total. The maximum absolute atomic E-state index is 14.5. The molecule has 0 atom stereocenters. The molecule has 208 valence electrons. The van der Waals surface area contributed by atoms with E-state index in [1.54, 1.807) is 24.5 Å². The number of benzene rings is 1. The highest BCUT2D eigenvalue weighted by molar-refractivity contribution is 7.91. The predicted octanol–water partition coefficient (Wildman–Crippen LogP) is 4.44. The average Bonchev–Trinajstić information content (AvgIpc) is 3.50. The molecular formula is C28H35FN6O2S2. The summed E-state index contributed by atoms with van der Waals surface area (Å²) in [5.74, 6) is 1.03. The van der Waals surface area contributed by atoms with Gasteiger partial charge in [-0.2, -0.15) is 0 Å². The Morgan fingerprint density at radius 1 is 1.13 bits per heavy atom. The lowest BCUT2D eigenvalue weighted by molar-refractivity contribution is 0.229. The Bertz CT molecular complexity index is 1570. The number of halogens is 1. The zero-order valence-electron chi connectivity index (χ0n) is 22.8. The van der Waals surface area contributed by atoms with Gasteiger partial charge in [0.15, 0.2) is 0 Å². The maximum Gasteiger partial charge on any atom is 0.150 e. The summed E-state index contributed by atoms with van der Waals surface area (Å²) in [6, 6.07) is 9.38. The Morgan fingerprint density at radius 3 is 2.59 bits per heavy atom. The number of rotatable bonds is 9. The molecular weight excluding hydrogens is 535 g/mol. The Kier molecular flexibility index (Phi) is 8.04. The Morgan fingerprint density at radius 2 is 1.90 bits per heavy atom. The van der Waals surface area contributed by atoms with E-state index in [-0.39, 0.29) is 23.4 Å². The summed E-state index contributed by atoms with van der Waals surface area (Å²) in [7, 11) is 4.94. The maximum atomic E-state index is 14.5. The van der Waals surface area contributed by atoms with Crippen molar-refractivity contribution in [1.82, 2.24) is 24.3 Å². The topological polar surface area (TPSA) is 83.4 Å². The van der Waals surface area contributed by atoms with E-state index < -0.39 is 9.84 Å². The molecule has 39 heavy (non-hydrogen) atoms. The minimum absolute atomic E-state index is 0.267. The van der Waals surface area contributed by atoms with Crippen LogP contribution in [0.1, 0.15) is 23.4 Å². The van der Waals surface area contributed by atoms with Crippen LogP contribution in [0, 0.1) is 5.82 Å². The summed E-state index contributed by atoms with van der Waals surface area (Å²) >= 11 is 1.62. The van der Waals surface area contributed by atoms with Crippen molar-refractivity contribution in [3.05, 3.63) is 58.3 Å². The second-order valence-corrected chi connectivity index (χ2v) is 13.7. The van der Waals surface area contributed by atoms with E-state index in [2.05, 4.69) is 34.4 Å². The molecule has 1 aliphatic rings. The number of aromatic nitrogens is 3. The monoisotopic (exact) mass is 570 g/mol. The summed E-state index contributed by atoms with van der Waals surface area (Å²) < 4.78 is 40.3. The summed E-state index contributed by atoms with van der Waals surface area (Å²) in [5, 5.41) is 6.96. The largest absolute Gasteiger partial charge is 0.386 e. The zero-order chi connectivity index (χ0) is 27.7. The van der Waals surface area contributed by atoms with Crippen molar-refractivity contribution >= 4 is 37.9 Å². The molecule has 8 nitrogen and oxygen atoms in total. The molecule has 0 unspecified atom stereocenters. The number of anilines is 1. The Labute approximate surface area is 233 Å². The van der Waals surface area contributed by atoms with Gasteiger partial charge in [0.25, 0.3) is 0 Å². The SMILES string of the molecule is CNc1ccc(-c2ccc3c(CCN(C)C4CCS(=O)(=O)CC4)cn(-c4csc(CN(C)C)n4)c3n2)cc1F. The van der Waals surface area contributed by atoms with Gasteiger partial charge in [0.05, 0.1) is 22.9 Å². The highest BCUT2D eigenvalue weighted by atomic mass is 32.2. The standard InChI is InChI=1S/C28H35FN6O2S2/c1-30-25-7-5-19(15-23(25)29)24-8-6-22-20(9-12-34(4)21-10-13-39(36,37)14-11-21)16-35(28(22)31-24)26-18-38-27(32-26)17-33(2)3/h5-8,15-16,18,21,30H,9-14,17H2,1-4H3. The highest BCUT2D eigenvalue weighted by Crippen LogP contribution is 2.30. The van der Waals surface area contributed by atoms with E-state index in [1.165, 1.54) is 6.07 Å². The molecule has 4 aromatic rings. The number of nitrogens with one attached hydrogen (secondary N) is 1. The van der Waals surface area contributed by atoms with Crippen LogP contribution in [0.4, 0.5) is 10.1 Å². The van der Waals surface area contributed by atoms with Gasteiger partial charge in [-0.25, -0.2) is 22.8 Å². The Balaban J connectivity index is 1.47. The van der Waals surface area contributed by atoms with E-state index in [1.807, 2.05) is 36.2 Å². The van der Waals surface area contributed by atoms with E-state index in [0.29, 0.717) is 29.8 Å². The van der Waals surface area contributed by atoms with Crippen LogP contribution in [0.5, 0.6) is 0 Å². The minimum Gasteiger partial charge on any atom is -0.386 e. The molecule has 0 amide bonds. The number of pyridine rings is 1. The van der Waals surface area contributed by atoms with Crippen LogP contribution in [-0.2, 0) is 22.8 Å². The highest BCUT2D eigenvalue weighted by Gasteiger charge is 2.26. The number of fused-ring (bicyclic) bond motifs is 1. The summed E-state index contributed by atoms with van der Waals surface area (Å²) in [4.78, 5) is 14.2. The number of hydrogen-bond acceptors (Lipinski definition) is 8. The van der Waals surface area contributed by atoms with E-state index >= 15 is 0 Å². The van der Waals surface area contributed by atoms with Crippen LogP contribution in [0.15, 0.2) is 41.9 Å². The lowest BCUT2D eigenvalue weighted by Crippen LogP contribution is -2.39. The molecule has 0 radical (unpaired) electrons. The molecule has 1 fully saturated rings. The number of likely N-dealkylation sites (N-methyl/N-ethyl adjacent to an activating group) is 1. The van der Waals surface area contributed by atoms with Crippen molar-refractivity contribution < 1.29 is 12.8 Å². The second-order valence-electron chi connectivity index (χ2n) is 10.5. The third-order valence-corrected chi connectivity index (χ3v) is 9.92. The molecule has 0 aliphatic carbocycles. The lowest BCUT2D eigenvalue weighted by atomic mass is 10.1. The molecule has 1 aliphatic heterocycles. The normalized spacial score (nSPS) is 16.0. The number of thiazole rings is 1. The van der Waals surface area contributed by atoms with Gasteiger partial charge in [0.1, 0.15) is 32.1 Å². The van der Waals surface area contributed by atoms with Crippen LogP contribution < -0.4 is 5.32 Å². The molecule has 1 saturated heterocycles. The summed E-state index contributed by atoms with van der Waals surface area (Å²) in [5.41, 5.74) is 3.79. The first kappa shape index (κ1) is 27.7. The minimum atomic E-state index is -2.89. The van der Waals surface area contributed by atoms with Gasteiger partial charge in [-0.3, -0.25) is 4.57 Å². The summed E-state index contributed by atoms with van der Waals surface area (Å²) in [6.45, 7) is 1.57. The number of sulfone groups is 1. The molecule has 11 heteroatoms. The average molecular weight is 571 g/mol. The smallest absolute Gasteiger partial charge is 0.150 e. The number of hydrogen-bond donors (Lipinski definition) is 1. The fraction of sp³-hybridized carbons (Fsp3) is 0.429. The van der Waals surface area contributed by atoms with Crippen molar-refractivity contribution in [2.75, 3.05) is 51.6 Å². The van der Waals surface area contributed by atoms with Gasteiger partial charge in [-0.05, 0) is 70.2 Å². The third kappa shape index (κ3) is 6.16. The van der Waals surface area contributed by atoms with Crippen molar-refractivity contribution in [2.24, 2.45) is 0 Å². The second kappa shape index (κ2) is 11.3. The summed E-state index contributed by atoms with van der Waals surface area (Å²) in [6.07, 6.45) is 4.27. The van der Waals surface area contributed by atoms with Crippen molar-refractivity contribution in [3.8, 4) is 17.1 Å². The van der Waals surface area contributed by atoms with Gasteiger partial charge >= 0.3 is 0 Å². The fourth-order valence-electron chi connectivity index (χ4n) is 5.13.